The Balaban J connectivity index is 2.13. The molecule has 78 valence electrons. The van der Waals surface area contributed by atoms with Gasteiger partial charge in [0.05, 0.1) is 29.7 Å². The summed E-state index contributed by atoms with van der Waals surface area (Å²) in [5.41, 5.74) is 6.97. The van der Waals surface area contributed by atoms with Gasteiger partial charge in [-0.3, -0.25) is 0 Å². The summed E-state index contributed by atoms with van der Waals surface area (Å²) < 4.78 is 13.8. The monoisotopic (exact) mass is 213 g/mol. The van der Waals surface area contributed by atoms with E-state index in [1.54, 1.807) is 0 Å². The highest BCUT2D eigenvalue weighted by Crippen LogP contribution is 2.36. The maximum Gasteiger partial charge on any atom is 0.0750 e. The van der Waals surface area contributed by atoms with Crippen LogP contribution in [0.15, 0.2) is 6.20 Å². The van der Waals surface area contributed by atoms with Gasteiger partial charge in [-0.05, 0) is 13.3 Å². The summed E-state index contributed by atoms with van der Waals surface area (Å²) in [4.78, 5) is 0. The lowest BCUT2D eigenvalue weighted by molar-refractivity contribution is 0.0670. The summed E-state index contributed by atoms with van der Waals surface area (Å²) in [7, 11) is 0. The van der Waals surface area contributed by atoms with Crippen molar-refractivity contribution in [1.82, 2.24) is 8.75 Å². The zero-order valence-electron chi connectivity index (χ0n) is 8.27. The number of rotatable bonds is 3. The van der Waals surface area contributed by atoms with Crippen LogP contribution in [-0.2, 0) is 11.2 Å². The summed E-state index contributed by atoms with van der Waals surface area (Å²) in [6.07, 6.45) is 3.98. The van der Waals surface area contributed by atoms with Crippen LogP contribution in [0.2, 0.25) is 0 Å². The first-order valence-corrected chi connectivity index (χ1v) is 5.58. The largest absolute Gasteiger partial charge is 0.378 e. The van der Waals surface area contributed by atoms with E-state index in [1.165, 1.54) is 11.7 Å². The molecule has 0 saturated carbocycles. The summed E-state index contributed by atoms with van der Waals surface area (Å²) in [5.74, 6) is 0. The molecule has 4 nitrogen and oxygen atoms in total. The molecule has 0 amide bonds. The Hall–Kier alpha value is -0.520. The fourth-order valence-electron chi connectivity index (χ4n) is 2.01. The van der Waals surface area contributed by atoms with Crippen LogP contribution in [0.5, 0.6) is 0 Å². The molecular weight excluding hydrogens is 198 g/mol. The normalized spacial score (nSPS) is 32.3. The van der Waals surface area contributed by atoms with E-state index in [0.29, 0.717) is 6.54 Å². The molecule has 0 radical (unpaired) electrons. The number of hydrogen-bond acceptors (Lipinski definition) is 5. The molecule has 2 heterocycles. The van der Waals surface area contributed by atoms with Gasteiger partial charge >= 0.3 is 0 Å². The summed E-state index contributed by atoms with van der Waals surface area (Å²) in [5, 5.41) is 0. The van der Waals surface area contributed by atoms with Gasteiger partial charge in [0.1, 0.15) is 0 Å². The number of nitrogens with two attached hydrogens (primary N) is 1. The van der Waals surface area contributed by atoms with Crippen molar-refractivity contribution < 1.29 is 4.74 Å². The smallest absolute Gasteiger partial charge is 0.0750 e. The molecule has 0 aliphatic carbocycles. The van der Waals surface area contributed by atoms with Gasteiger partial charge in [0.15, 0.2) is 0 Å². The topological polar surface area (TPSA) is 61.0 Å². The molecule has 1 saturated heterocycles. The van der Waals surface area contributed by atoms with E-state index in [4.69, 9.17) is 10.5 Å². The van der Waals surface area contributed by atoms with Gasteiger partial charge in [0.25, 0.3) is 0 Å². The molecule has 0 bridgehead atoms. The molecule has 5 heteroatoms. The standard InChI is InChI=1S/C9H15N3OS/c1-7-9(6-10,2-3-13-7)4-8-5-11-14-12-8/h5,7H,2-4,6,10H2,1H3. The van der Waals surface area contributed by atoms with Gasteiger partial charge in [-0.15, -0.1) is 0 Å². The van der Waals surface area contributed by atoms with Crippen molar-refractivity contribution >= 4 is 11.7 Å². The Morgan fingerprint density at radius 3 is 3.14 bits per heavy atom. The lowest BCUT2D eigenvalue weighted by Gasteiger charge is -2.29. The Labute approximate surface area is 87.8 Å². The highest BCUT2D eigenvalue weighted by atomic mass is 32.1. The van der Waals surface area contributed by atoms with Gasteiger partial charge in [0, 0.05) is 25.0 Å². The van der Waals surface area contributed by atoms with E-state index < -0.39 is 0 Å². The third-order valence-corrected chi connectivity index (χ3v) is 3.69. The molecular formula is C9H15N3OS. The maximum absolute atomic E-state index is 5.85. The van der Waals surface area contributed by atoms with E-state index in [0.717, 1.165) is 25.1 Å². The van der Waals surface area contributed by atoms with Crippen LogP contribution in [0.4, 0.5) is 0 Å². The van der Waals surface area contributed by atoms with Crippen LogP contribution in [0.25, 0.3) is 0 Å². The zero-order chi connectivity index (χ0) is 10.0. The first-order chi connectivity index (χ1) is 6.77. The molecule has 2 N–H and O–H groups in total. The summed E-state index contributed by atoms with van der Waals surface area (Å²) in [6.45, 7) is 3.57. The molecule has 14 heavy (non-hydrogen) atoms. The van der Waals surface area contributed by atoms with Crippen molar-refractivity contribution in [1.29, 1.82) is 0 Å². The number of ether oxygens (including phenoxy) is 1. The Bertz CT molecular complexity index is 290. The van der Waals surface area contributed by atoms with Gasteiger partial charge in [-0.2, -0.15) is 8.75 Å². The van der Waals surface area contributed by atoms with Crippen molar-refractivity contribution in [3.63, 3.8) is 0 Å². The highest BCUT2D eigenvalue weighted by Gasteiger charge is 2.40. The van der Waals surface area contributed by atoms with E-state index in [2.05, 4.69) is 15.7 Å². The first kappa shape index (κ1) is 10.0. The molecule has 1 aromatic rings. The van der Waals surface area contributed by atoms with Crippen molar-refractivity contribution in [2.24, 2.45) is 11.1 Å². The van der Waals surface area contributed by atoms with Crippen LogP contribution >= 0.6 is 11.7 Å². The first-order valence-electron chi connectivity index (χ1n) is 4.85. The Kier molecular flexibility index (Phi) is 2.80. The van der Waals surface area contributed by atoms with Gasteiger partial charge in [-0.25, -0.2) is 0 Å². The van der Waals surface area contributed by atoms with Crippen LogP contribution < -0.4 is 5.73 Å². The molecule has 2 unspecified atom stereocenters. The minimum Gasteiger partial charge on any atom is -0.378 e. The van der Waals surface area contributed by atoms with E-state index in [-0.39, 0.29) is 11.5 Å². The minimum atomic E-state index is 0.0791. The predicted octanol–water partition coefficient (Wildman–Crippen LogP) is 0.835. The van der Waals surface area contributed by atoms with Crippen molar-refractivity contribution in [3.8, 4) is 0 Å². The third-order valence-electron chi connectivity index (χ3n) is 3.18. The highest BCUT2D eigenvalue weighted by molar-refractivity contribution is 6.99. The van der Waals surface area contributed by atoms with Crippen molar-refractivity contribution in [2.45, 2.75) is 25.9 Å². The summed E-state index contributed by atoms with van der Waals surface area (Å²) >= 11 is 1.25. The molecule has 1 aliphatic heterocycles. The average molecular weight is 213 g/mol. The number of nitrogens with zero attached hydrogens (tertiary/aromatic N) is 2. The van der Waals surface area contributed by atoms with Gasteiger partial charge in [-0.1, -0.05) is 0 Å². The maximum atomic E-state index is 5.85. The summed E-state index contributed by atoms with van der Waals surface area (Å²) in [6, 6.07) is 0. The predicted molar refractivity (Wildman–Crippen MR) is 55.1 cm³/mol. The van der Waals surface area contributed by atoms with Crippen LogP contribution in [0.1, 0.15) is 19.0 Å². The zero-order valence-corrected chi connectivity index (χ0v) is 9.09. The van der Waals surface area contributed by atoms with Gasteiger partial charge < -0.3 is 10.5 Å². The molecule has 1 aromatic heterocycles. The fraction of sp³-hybridized carbons (Fsp3) is 0.778. The second kappa shape index (κ2) is 3.92. The third kappa shape index (κ3) is 1.67. The SMILES string of the molecule is CC1OCCC1(CN)Cc1cnsn1. The fourth-order valence-corrected chi connectivity index (χ4v) is 2.45. The molecule has 2 rings (SSSR count). The Morgan fingerprint density at radius 1 is 1.79 bits per heavy atom. The van der Waals surface area contributed by atoms with Crippen LogP contribution in [0, 0.1) is 5.41 Å². The molecule has 0 spiro atoms. The quantitative estimate of drug-likeness (QED) is 0.808. The number of hydrogen-bond donors (Lipinski definition) is 1. The van der Waals surface area contributed by atoms with E-state index in [9.17, 15) is 0 Å². The molecule has 0 aromatic carbocycles. The molecule has 2 atom stereocenters. The number of aromatic nitrogens is 2. The van der Waals surface area contributed by atoms with Gasteiger partial charge in [0.2, 0.25) is 0 Å². The van der Waals surface area contributed by atoms with Crippen molar-refractivity contribution in [3.05, 3.63) is 11.9 Å². The second-order valence-corrected chi connectivity index (χ2v) is 4.46. The lowest BCUT2D eigenvalue weighted by atomic mass is 9.78. The average Bonchev–Trinajstić information content (AvgIpc) is 2.79. The van der Waals surface area contributed by atoms with Crippen molar-refractivity contribution in [2.75, 3.05) is 13.2 Å². The van der Waals surface area contributed by atoms with E-state index >= 15 is 0 Å². The molecule has 1 fully saturated rings. The Morgan fingerprint density at radius 2 is 2.64 bits per heavy atom. The van der Waals surface area contributed by atoms with E-state index in [1.807, 2.05) is 6.20 Å². The molecule has 1 aliphatic rings. The minimum absolute atomic E-state index is 0.0791. The van der Waals surface area contributed by atoms with Crippen LogP contribution in [0.3, 0.4) is 0 Å². The second-order valence-electron chi connectivity index (χ2n) is 3.91. The lowest BCUT2D eigenvalue weighted by Crippen LogP contribution is -2.38. The van der Waals surface area contributed by atoms with Crippen LogP contribution in [-0.4, -0.2) is 28.0 Å².